The van der Waals surface area contributed by atoms with Crippen LogP contribution in [-0.4, -0.2) is 93.9 Å². The number of unbranched alkanes of at least 4 members (excludes halogenated alkanes) is 2. The van der Waals surface area contributed by atoms with Gasteiger partial charge in [0.1, 0.15) is 24.6 Å². The third-order valence-corrected chi connectivity index (χ3v) is 6.82. The molecule has 1 aromatic heterocycles. The van der Waals surface area contributed by atoms with E-state index in [1.165, 1.54) is 30.3 Å². The molecule has 0 aliphatic rings. The fraction of sp³-hybridized carbons (Fsp3) is 0.467. The minimum atomic E-state index is -1.39. The molecule has 0 fully saturated rings. The Kier molecular flexibility index (Phi) is 14.5. The van der Waals surface area contributed by atoms with Gasteiger partial charge in [-0.2, -0.15) is 0 Å². The molecule has 0 bridgehead atoms. The number of carbonyl (C=O) groups excluding carboxylic acids is 4. The van der Waals surface area contributed by atoms with Crippen LogP contribution in [0.5, 0.6) is 5.75 Å². The van der Waals surface area contributed by atoms with Crippen LogP contribution in [0, 0.1) is 5.92 Å². The second kappa shape index (κ2) is 18.0. The van der Waals surface area contributed by atoms with Gasteiger partial charge in [-0.05, 0) is 50.1 Å². The van der Waals surface area contributed by atoms with Crippen molar-refractivity contribution >= 4 is 36.1 Å². The molecule has 15 nitrogen and oxygen atoms in total. The van der Waals surface area contributed by atoms with Crippen molar-refractivity contribution < 1.29 is 53.3 Å². The van der Waals surface area contributed by atoms with E-state index < -0.39 is 54.7 Å². The molecule has 0 aliphatic heterocycles. The molecule has 1 heterocycles. The van der Waals surface area contributed by atoms with Gasteiger partial charge in [0, 0.05) is 11.1 Å². The number of aliphatic carboxylic acids is 2. The number of carboxylic acids is 2. The number of ether oxygens (including phenoxy) is 1. The maximum Gasteiger partial charge on any atom is 0.323 e. The largest absolute Gasteiger partial charge is 0.494 e. The van der Waals surface area contributed by atoms with Crippen LogP contribution in [-0.2, 0) is 19.2 Å². The highest BCUT2D eigenvalue weighted by Gasteiger charge is 2.30. The highest BCUT2D eigenvalue weighted by Crippen LogP contribution is 2.29. The first-order valence-corrected chi connectivity index (χ1v) is 14.5. The van der Waals surface area contributed by atoms with E-state index in [9.17, 15) is 34.0 Å². The molecule has 15 heteroatoms. The lowest BCUT2D eigenvalue weighted by molar-refractivity contribution is -0.168. The van der Waals surface area contributed by atoms with Crippen molar-refractivity contribution in [3.8, 4) is 17.1 Å². The van der Waals surface area contributed by atoms with Crippen molar-refractivity contribution in [2.75, 3.05) is 26.4 Å². The zero-order valence-electron chi connectivity index (χ0n) is 25.5. The van der Waals surface area contributed by atoms with Crippen LogP contribution in [0.1, 0.15) is 73.8 Å². The summed E-state index contributed by atoms with van der Waals surface area (Å²) in [7, 11) is 0. The molecule has 0 radical (unpaired) electrons. The topological polar surface area (TPSA) is 216 Å². The van der Waals surface area contributed by atoms with Crippen LogP contribution >= 0.6 is 0 Å². The van der Waals surface area contributed by atoms with Gasteiger partial charge in [-0.1, -0.05) is 33.1 Å². The molecule has 0 aliphatic carbocycles. The molecule has 0 saturated carbocycles. The van der Waals surface area contributed by atoms with Crippen LogP contribution in [0.2, 0.25) is 0 Å². The number of hydroxylamine groups is 2. The second-order valence-corrected chi connectivity index (χ2v) is 10.1. The normalized spacial score (nSPS) is 12.0. The molecule has 0 unspecified atom stereocenters. The van der Waals surface area contributed by atoms with Gasteiger partial charge in [0.05, 0.1) is 25.2 Å². The predicted molar refractivity (Wildman–Crippen MR) is 158 cm³/mol. The molecule has 0 saturated heterocycles. The number of nitrogens with one attached hydrogen (secondary N) is 2. The SMILES string of the molecule is CCCCC[C@@H](C(=O)NCNC(=O)c1ccc(-c2cc(OCC)cc(C(=O)N(CC(=O)O)CC(=O)O)c2)o1)[C@@H](CC)N(O)C=O. The number of hydrogen-bond acceptors (Lipinski definition) is 9. The first-order valence-electron chi connectivity index (χ1n) is 14.5. The summed E-state index contributed by atoms with van der Waals surface area (Å²) in [6, 6.07) is 6.34. The van der Waals surface area contributed by atoms with Gasteiger partial charge in [-0.25, -0.2) is 5.06 Å². The summed E-state index contributed by atoms with van der Waals surface area (Å²) in [6.45, 7) is 3.76. The van der Waals surface area contributed by atoms with Gasteiger partial charge in [-0.15, -0.1) is 0 Å². The Morgan fingerprint density at radius 2 is 1.67 bits per heavy atom. The van der Waals surface area contributed by atoms with Crippen LogP contribution in [0.3, 0.4) is 0 Å². The molecule has 5 N–H and O–H groups in total. The number of hydrogen-bond donors (Lipinski definition) is 5. The smallest absolute Gasteiger partial charge is 0.323 e. The van der Waals surface area contributed by atoms with E-state index in [1.54, 1.807) is 13.8 Å². The van der Waals surface area contributed by atoms with E-state index in [1.807, 2.05) is 6.92 Å². The van der Waals surface area contributed by atoms with Gasteiger partial charge in [0.25, 0.3) is 11.8 Å². The summed E-state index contributed by atoms with van der Waals surface area (Å²) in [4.78, 5) is 73.0. The van der Waals surface area contributed by atoms with Crippen molar-refractivity contribution in [2.45, 2.75) is 58.9 Å². The number of carbonyl (C=O) groups is 6. The highest BCUT2D eigenvalue weighted by atomic mass is 16.5. The van der Waals surface area contributed by atoms with E-state index in [-0.39, 0.29) is 42.5 Å². The van der Waals surface area contributed by atoms with Gasteiger partial charge in [0.2, 0.25) is 12.3 Å². The molecule has 0 spiro atoms. The Labute approximate surface area is 260 Å². The van der Waals surface area contributed by atoms with E-state index in [4.69, 9.17) is 19.4 Å². The fourth-order valence-electron chi connectivity index (χ4n) is 4.71. The van der Waals surface area contributed by atoms with Crippen LogP contribution in [0.15, 0.2) is 34.7 Å². The van der Waals surface area contributed by atoms with Crippen LogP contribution < -0.4 is 15.4 Å². The zero-order valence-corrected chi connectivity index (χ0v) is 25.5. The quantitative estimate of drug-likeness (QED) is 0.0470. The molecule has 2 rings (SSSR count). The number of carboxylic acid groups (broad SMARTS) is 2. The van der Waals surface area contributed by atoms with Crippen molar-refractivity contribution in [3.05, 3.63) is 41.7 Å². The van der Waals surface area contributed by atoms with E-state index in [0.29, 0.717) is 34.8 Å². The van der Waals surface area contributed by atoms with Gasteiger partial charge in [-0.3, -0.25) is 34.0 Å². The van der Waals surface area contributed by atoms with Crippen molar-refractivity contribution in [1.82, 2.24) is 20.6 Å². The van der Waals surface area contributed by atoms with Crippen molar-refractivity contribution in [1.29, 1.82) is 0 Å². The Balaban J connectivity index is 2.19. The van der Waals surface area contributed by atoms with Gasteiger partial charge in [0.15, 0.2) is 5.76 Å². The summed E-state index contributed by atoms with van der Waals surface area (Å²) in [5, 5.41) is 33.9. The second-order valence-electron chi connectivity index (χ2n) is 10.1. The molecule has 4 amide bonds. The lowest BCUT2D eigenvalue weighted by Gasteiger charge is -2.29. The van der Waals surface area contributed by atoms with Crippen LogP contribution in [0.25, 0.3) is 11.3 Å². The minimum Gasteiger partial charge on any atom is -0.494 e. The fourth-order valence-corrected chi connectivity index (χ4v) is 4.71. The predicted octanol–water partition coefficient (Wildman–Crippen LogP) is 2.58. The first kappa shape index (κ1) is 36.3. The van der Waals surface area contributed by atoms with Gasteiger partial charge < -0.3 is 34.9 Å². The first-order chi connectivity index (χ1) is 21.4. The molecular weight excluding hydrogens is 592 g/mol. The standard InChI is InChI=1S/C30H40N4O11/c1-4-7-8-9-22(23(5-2)34(43)18-35)28(40)31-17-32-29(41)25-11-10-24(45-25)19-12-20(14-21(13-19)44-6-3)30(42)33(15-26(36)37)16-27(38)39/h10-14,18,22-23,43H,4-9,15-17H2,1-3H3,(H,31,40)(H,32,41)(H,36,37)(H,38,39)/t22-,23-/m1/s1. The molecule has 45 heavy (non-hydrogen) atoms. The number of nitrogens with zero attached hydrogens (tertiary/aromatic N) is 2. The Bertz CT molecular complexity index is 1330. The minimum absolute atomic E-state index is 0.0570. The molecule has 1 aromatic carbocycles. The maximum absolute atomic E-state index is 13.1. The number of rotatable bonds is 20. The van der Waals surface area contributed by atoms with E-state index >= 15 is 0 Å². The van der Waals surface area contributed by atoms with E-state index in [2.05, 4.69) is 10.6 Å². The molecule has 246 valence electrons. The Morgan fingerprint density at radius 1 is 0.978 bits per heavy atom. The molecular formula is C30H40N4O11. The maximum atomic E-state index is 13.1. The Hall–Kier alpha value is -4.92. The molecule has 2 aromatic rings. The number of benzene rings is 1. The van der Waals surface area contributed by atoms with E-state index in [0.717, 1.165) is 12.8 Å². The summed E-state index contributed by atoms with van der Waals surface area (Å²) in [5.41, 5.74) is 0.241. The van der Waals surface area contributed by atoms with Crippen LogP contribution in [0.4, 0.5) is 0 Å². The molecule has 2 atom stereocenters. The Morgan fingerprint density at radius 3 is 2.24 bits per heavy atom. The van der Waals surface area contributed by atoms with Gasteiger partial charge >= 0.3 is 11.9 Å². The number of furan rings is 1. The van der Waals surface area contributed by atoms with Crippen molar-refractivity contribution in [2.24, 2.45) is 5.92 Å². The summed E-state index contributed by atoms with van der Waals surface area (Å²) < 4.78 is 11.2. The monoisotopic (exact) mass is 632 g/mol. The lowest BCUT2D eigenvalue weighted by atomic mass is 9.90. The lowest BCUT2D eigenvalue weighted by Crippen LogP contribution is -2.47. The summed E-state index contributed by atoms with van der Waals surface area (Å²) >= 11 is 0. The van der Waals surface area contributed by atoms with Crippen molar-refractivity contribution in [3.63, 3.8) is 0 Å². The highest BCUT2D eigenvalue weighted by molar-refractivity contribution is 5.99. The average Bonchev–Trinajstić information content (AvgIpc) is 3.50. The summed E-state index contributed by atoms with van der Waals surface area (Å²) in [6.07, 6.45) is 3.55. The average molecular weight is 633 g/mol. The number of amides is 4. The third-order valence-electron chi connectivity index (χ3n) is 6.82. The summed E-state index contributed by atoms with van der Waals surface area (Å²) in [5.74, 6) is -5.19. The zero-order chi connectivity index (χ0) is 33.5. The third kappa shape index (κ3) is 10.9.